The molecule has 2 aromatic rings. The van der Waals surface area contributed by atoms with Gasteiger partial charge in [0.05, 0.1) is 11.6 Å². The highest BCUT2D eigenvalue weighted by molar-refractivity contribution is 6.29. The zero-order chi connectivity index (χ0) is 12.3. The van der Waals surface area contributed by atoms with Gasteiger partial charge in [0.15, 0.2) is 0 Å². The van der Waals surface area contributed by atoms with Gasteiger partial charge in [0.1, 0.15) is 10.9 Å². The molecule has 0 saturated carbocycles. The summed E-state index contributed by atoms with van der Waals surface area (Å²) in [6.45, 7) is 2.00. The van der Waals surface area contributed by atoms with Crippen LogP contribution in [0.5, 0.6) is 11.6 Å². The van der Waals surface area contributed by atoms with E-state index < -0.39 is 0 Å². The first-order valence-electron chi connectivity index (χ1n) is 4.99. The van der Waals surface area contributed by atoms with Crippen molar-refractivity contribution in [2.24, 2.45) is 0 Å². The standard InChI is InChI=1S/C13H9ClN2O/c1-9-2-4-11(5-3-9)17-13-7-10(8-15)6-12(14)16-13/h2-7H,1H3. The van der Waals surface area contributed by atoms with Crippen LogP contribution in [0.1, 0.15) is 11.1 Å². The first kappa shape index (κ1) is 11.4. The van der Waals surface area contributed by atoms with Crippen molar-refractivity contribution >= 4 is 11.6 Å². The number of halogens is 1. The lowest BCUT2D eigenvalue weighted by Crippen LogP contribution is -1.89. The van der Waals surface area contributed by atoms with Crippen LogP contribution in [0, 0.1) is 18.3 Å². The van der Waals surface area contributed by atoms with Crippen molar-refractivity contribution in [1.29, 1.82) is 5.26 Å². The number of aryl methyl sites for hydroxylation is 1. The summed E-state index contributed by atoms with van der Waals surface area (Å²) < 4.78 is 5.51. The van der Waals surface area contributed by atoms with Crippen LogP contribution in [0.15, 0.2) is 36.4 Å². The van der Waals surface area contributed by atoms with Crippen molar-refractivity contribution in [1.82, 2.24) is 4.98 Å². The molecule has 0 N–H and O–H groups in total. The minimum absolute atomic E-state index is 0.242. The number of pyridine rings is 1. The van der Waals surface area contributed by atoms with Crippen LogP contribution < -0.4 is 4.74 Å². The maximum absolute atomic E-state index is 8.80. The van der Waals surface area contributed by atoms with Gasteiger partial charge in [0.25, 0.3) is 0 Å². The first-order valence-corrected chi connectivity index (χ1v) is 5.37. The molecule has 17 heavy (non-hydrogen) atoms. The van der Waals surface area contributed by atoms with Crippen molar-refractivity contribution in [2.75, 3.05) is 0 Å². The van der Waals surface area contributed by atoms with E-state index in [1.807, 2.05) is 37.3 Å². The number of ether oxygens (including phenoxy) is 1. The Bertz CT molecular complexity index is 573. The molecule has 0 amide bonds. The lowest BCUT2D eigenvalue weighted by molar-refractivity contribution is 0.463. The van der Waals surface area contributed by atoms with Crippen molar-refractivity contribution in [3.63, 3.8) is 0 Å². The summed E-state index contributed by atoms with van der Waals surface area (Å²) in [6, 6.07) is 12.6. The third-order valence-electron chi connectivity index (χ3n) is 2.14. The average molecular weight is 245 g/mol. The monoisotopic (exact) mass is 244 g/mol. The molecule has 1 aromatic carbocycles. The molecule has 0 spiro atoms. The maximum Gasteiger partial charge on any atom is 0.221 e. The molecule has 0 aliphatic carbocycles. The van der Waals surface area contributed by atoms with E-state index >= 15 is 0 Å². The average Bonchev–Trinajstić information content (AvgIpc) is 2.31. The molecule has 0 bridgehead atoms. The predicted octanol–water partition coefficient (Wildman–Crippen LogP) is 3.71. The summed E-state index contributed by atoms with van der Waals surface area (Å²) in [5.41, 5.74) is 1.57. The number of nitriles is 1. The highest BCUT2D eigenvalue weighted by Gasteiger charge is 2.03. The molecular weight excluding hydrogens is 236 g/mol. The number of nitrogens with zero attached hydrogens (tertiary/aromatic N) is 2. The number of rotatable bonds is 2. The van der Waals surface area contributed by atoms with Crippen molar-refractivity contribution in [3.05, 3.63) is 52.7 Å². The van der Waals surface area contributed by atoms with Crippen LogP contribution in [-0.4, -0.2) is 4.98 Å². The molecule has 1 aromatic heterocycles. The van der Waals surface area contributed by atoms with Gasteiger partial charge in [0.2, 0.25) is 5.88 Å². The number of benzene rings is 1. The molecule has 1 heterocycles. The van der Waals surface area contributed by atoms with E-state index in [-0.39, 0.29) is 5.15 Å². The van der Waals surface area contributed by atoms with Gasteiger partial charge in [-0.1, -0.05) is 29.3 Å². The Morgan fingerprint density at radius 1 is 1.24 bits per heavy atom. The predicted molar refractivity (Wildman–Crippen MR) is 65.2 cm³/mol. The van der Waals surface area contributed by atoms with Gasteiger partial charge in [-0.2, -0.15) is 5.26 Å². The highest BCUT2D eigenvalue weighted by atomic mass is 35.5. The third-order valence-corrected chi connectivity index (χ3v) is 2.34. The van der Waals surface area contributed by atoms with Crippen LogP contribution in [0.25, 0.3) is 0 Å². The van der Waals surface area contributed by atoms with Crippen molar-refractivity contribution < 1.29 is 4.74 Å². The van der Waals surface area contributed by atoms with E-state index in [0.29, 0.717) is 17.2 Å². The quantitative estimate of drug-likeness (QED) is 0.757. The lowest BCUT2D eigenvalue weighted by Gasteiger charge is -2.05. The van der Waals surface area contributed by atoms with Crippen molar-refractivity contribution in [2.45, 2.75) is 6.92 Å². The highest BCUT2D eigenvalue weighted by Crippen LogP contribution is 2.22. The first-order chi connectivity index (χ1) is 8.17. The fourth-order valence-electron chi connectivity index (χ4n) is 1.32. The molecule has 0 atom stereocenters. The molecule has 0 unspecified atom stereocenters. The number of aromatic nitrogens is 1. The SMILES string of the molecule is Cc1ccc(Oc2cc(C#N)cc(Cl)n2)cc1. The Labute approximate surface area is 104 Å². The van der Waals surface area contributed by atoms with E-state index in [9.17, 15) is 0 Å². The molecule has 0 radical (unpaired) electrons. The Kier molecular flexibility index (Phi) is 3.27. The van der Waals surface area contributed by atoms with Gasteiger partial charge in [-0.15, -0.1) is 0 Å². The second-order valence-corrected chi connectivity index (χ2v) is 3.93. The Balaban J connectivity index is 2.27. The summed E-state index contributed by atoms with van der Waals surface area (Å²) in [5, 5.41) is 9.04. The summed E-state index contributed by atoms with van der Waals surface area (Å²) in [6.07, 6.45) is 0. The minimum atomic E-state index is 0.242. The van der Waals surface area contributed by atoms with Gasteiger partial charge in [-0.25, -0.2) is 4.98 Å². The molecular formula is C13H9ClN2O. The fourth-order valence-corrected chi connectivity index (χ4v) is 1.52. The Morgan fingerprint density at radius 3 is 2.59 bits per heavy atom. The van der Waals surface area contributed by atoms with Gasteiger partial charge >= 0.3 is 0 Å². The maximum atomic E-state index is 8.80. The summed E-state index contributed by atoms with van der Waals surface area (Å²) in [7, 11) is 0. The summed E-state index contributed by atoms with van der Waals surface area (Å²) in [5.74, 6) is 0.979. The van der Waals surface area contributed by atoms with Gasteiger partial charge in [-0.3, -0.25) is 0 Å². The van der Waals surface area contributed by atoms with Crippen LogP contribution in [0.2, 0.25) is 5.15 Å². The summed E-state index contributed by atoms with van der Waals surface area (Å²) >= 11 is 5.78. The van der Waals surface area contributed by atoms with Gasteiger partial charge in [0, 0.05) is 6.07 Å². The van der Waals surface area contributed by atoms with Gasteiger partial charge < -0.3 is 4.74 Å². The van der Waals surface area contributed by atoms with Crippen molar-refractivity contribution in [3.8, 4) is 17.7 Å². The number of hydrogen-bond acceptors (Lipinski definition) is 3. The van der Waals surface area contributed by atoms with Crippen LogP contribution in [0.4, 0.5) is 0 Å². The minimum Gasteiger partial charge on any atom is -0.439 e. The second-order valence-electron chi connectivity index (χ2n) is 3.54. The Morgan fingerprint density at radius 2 is 1.94 bits per heavy atom. The zero-order valence-corrected chi connectivity index (χ0v) is 9.90. The van der Waals surface area contributed by atoms with Gasteiger partial charge in [-0.05, 0) is 25.1 Å². The van der Waals surface area contributed by atoms with E-state index in [4.69, 9.17) is 21.6 Å². The third kappa shape index (κ3) is 2.96. The topological polar surface area (TPSA) is 45.9 Å². The Hall–Kier alpha value is -2.05. The molecule has 0 saturated heterocycles. The zero-order valence-electron chi connectivity index (χ0n) is 9.14. The molecule has 84 valence electrons. The van der Waals surface area contributed by atoms with Crippen LogP contribution >= 0.6 is 11.6 Å². The molecule has 0 aliphatic heterocycles. The lowest BCUT2D eigenvalue weighted by atomic mass is 10.2. The molecule has 3 nitrogen and oxygen atoms in total. The fraction of sp³-hybridized carbons (Fsp3) is 0.0769. The van der Waals surface area contributed by atoms with E-state index in [1.165, 1.54) is 6.07 Å². The van der Waals surface area contributed by atoms with Crippen LogP contribution in [-0.2, 0) is 0 Å². The largest absolute Gasteiger partial charge is 0.439 e. The smallest absolute Gasteiger partial charge is 0.221 e. The second kappa shape index (κ2) is 4.86. The van der Waals surface area contributed by atoms with E-state index in [1.54, 1.807) is 6.07 Å². The molecule has 4 heteroatoms. The molecule has 0 aliphatic rings. The summed E-state index contributed by atoms with van der Waals surface area (Å²) in [4.78, 5) is 3.99. The molecule has 0 fully saturated rings. The van der Waals surface area contributed by atoms with E-state index in [2.05, 4.69) is 4.98 Å². The molecule has 2 rings (SSSR count). The normalized spacial score (nSPS) is 9.71. The van der Waals surface area contributed by atoms with E-state index in [0.717, 1.165) is 5.56 Å². The van der Waals surface area contributed by atoms with Crippen LogP contribution in [0.3, 0.4) is 0 Å². The number of hydrogen-bond donors (Lipinski definition) is 0.